The number of ether oxygens (including phenoxy) is 1. The van der Waals surface area contributed by atoms with Gasteiger partial charge in [0.2, 0.25) is 10.0 Å². The maximum Gasteiger partial charge on any atom is 0.387 e. The molecule has 1 fully saturated rings. The molecule has 0 bridgehead atoms. The molecule has 2 aromatic heterocycles. The molecule has 1 aliphatic carbocycles. The number of benzene rings is 1. The number of hydrogen-bond acceptors (Lipinski definition) is 5. The Kier molecular flexibility index (Phi) is 7.46. The van der Waals surface area contributed by atoms with Gasteiger partial charge in [0.15, 0.2) is 11.6 Å². The fourth-order valence-electron chi connectivity index (χ4n) is 4.47. The fraction of sp³-hybridized carbons (Fsp3) is 0.391. The summed E-state index contributed by atoms with van der Waals surface area (Å²) < 4.78 is 98.6. The lowest BCUT2D eigenvalue weighted by molar-refractivity contribution is -0.0521. The van der Waals surface area contributed by atoms with Crippen molar-refractivity contribution >= 4 is 20.9 Å². The van der Waals surface area contributed by atoms with Gasteiger partial charge in [0, 0.05) is 23.7 Å². The molecule has 4 rings (SSSR count). The van der Waals surface area contributed by atoms with Crippen molar-refractivity contribution in [3.63, 3.8) is 0 Å². The van der Waals surface area contributed by atoms with Crippen LogP contribution < -0.4 is 9.46 Å². The molecule has 1 aliphatic rings. The molecule has 0 atom stereocenters. The van der Waals surface area contributed by atoms with Crippen LogP contribution >= 0.6 is 0 Å². The lowest BCUT2D eigenvalue weighted by Gasteiger charge is -2.18. The summed E-state index contributed by atoms with van der Waals surface area (Å²) in [6.45, 7) is -5.72. The molecule has 1 N–H and O–H groups in total. The number of sulfonamides is 1. The minimum atomic E-state index is -4.27. The number of aromatic nitrogens is 2. The highest BCUT2D eigenvalue weighted by atomic mass is 32.2. The maximum atomic E-state index is 14.5. The topological polar surface area (TPSA) is 97.0 Å². The molecule has 0 saturated heterocycles. The van der Waals surface area contributed by atoms with Crippen molar-refractivity contribution in [2.45, 2.75) is 49.3 Å². The molecular formula is C23H21F5N4O3S. The number of hydrogen-bond donors (Lipinski definition) is 1. The number of halogens is 5. The quantitative estimate of drug-likeness (QED) is 0.394. The van der Waals surface area contributed by atoms with Crippen LogP contribution in [-0.4, -0.2) is 44.0 Å². The molecule has 0 aliphatic heterocycles. The zero-order chi connectivity index (χ0) is 26.0. The van der Waals surface area contributed by atoms with Gasteiger partial charge in [-0.25, -0.2) is 26.3 Å². The minimum Gasteiger partial charge on any atom is -0.432 e. The van der Waals surface area contributed by atoms with Gasteiger partial charge < -0.3 is 9.30 Å². The SMILES string of the molecule is N#Cc1c(-c2ccc(S(=O)(=O)NC(CF)CF)cn2)n(C2CCCC2)c2cc(OC(F)F)c(F)cc12. The third-order valence-corrected chi connectivity index (χ3v) is 7.56. The van der Waals surface area contributed by atoms with E-state index in [1.165, 1.54) is 12.1 Å². The third-order valence-electron chi connectivity index (χ3n) is 6.06. The highest BCUT2D eigenvalue weighted by Gasteiger charge is 2.29. The number of pyridine rings is 1. The van der Waals surface area contributed by atoms with E-state index in [0.717, 1.165) is 31.2 Å². The summed E-state index contributed by atoms with van der Waals surface area (Å²) in [6.07, 6.45) is 4.18. The van der Waals surface area contributed by atoms with E-state index in [4.69, 9.17) is 0 Å². The first-order valence-electron chi connectivity index (χ1n) is 11.0. The van der Waals surface area contributed by atoms with Crippen LogP contribution in [0.2, 0.25) is 0 Å². The highest BCUT2D eigenvalue weighted by Crippen LogP contribution is 2.42. The Bertz CT molecular complexity index is 1390. The number of rotatable bonds is 9. The first kappa shape index (κ1) is 25.8. The highest BCUT2D eigenvalue weighted by molar-refractivity contribution is 7.89. The van der Waals surface area contributed by atoms with E-state index in [1.54, 1.807) is 4.57 Å². The summed E-state index contributed by atoms with van der Waals surface area (Å²) in [5.41, 5.74) is 0.795. The van der Waals surface area contributed by atoms with E-state index in [0.29, 0.717) is 18.4 Å². The summed E-state index contributed by atoms with van der Waals surface area (Å²) in [5, 5.41) is 10.1. The van der Waals surface area contributed by atoms with Crippen LogP contribution in [0.1, 0.15) is 37.3 Å². The van der Waals surface area contributed by atoms with Crippen molar-refractivity contribution in [2.24, 2.45) is 0 Å². The summed E-state index contributed by atoms with van der Waals surface area (Å²) in [7, 11) is -4.27. The van der Waals surface area contributed by atoms with Gasteiger partial charge >= 0.3 is 6.61 Å². The molecule has 2 heterocycles. The molecule has 0 spiro atoms. The van der Waals surface area contributed by atoms with Gasteiger partial charge in [-0.2, -0.15) is 14.0 Å². The number of nitriles is 1. The van der Waals surface area contributed by atoms with E-state index in [2.05, 4.69) is 9.72 Å². The molecule has 192 valence electrons. The molecule has 1 aromatic carbocycles. The summed E-state index contributed by atoms with van der Waals surface area (Å²) in [6, 6.07) is 4.91. The van der Waals surface area contributed by atoms with Crippen LogP contribution in [0.4, 0.5) is 22.0 Å². The number of nitrogens with one attached hydrogen (secondary N) is 1. The Balaban J connectivity index is 1.87. The second-order valence-corrected chi connectivity index (χ2v) is 10.0. The van der Waals surface area contributed by atoms with Gasteiger partial charge in [0.05, 0.1) is 28.5 Å². The van der Waals surface area contributed by atoms with Crippen molar-refractivity contribution in [1.29, 1.82) is 5.26 Å². The van der Waals surface area contributed by atoms with E-state index in [-0.39, 0.29) is 33.3 Å². The average Bonchev–Trinajstić information content (AvgIpc) is 3.48. The summed E-state index contributed by atoms with van der Waals surface area (Å²) in [5.74, 6) is -1.73. The Morgan fingerprint density at radius 1 is 1.19 bits per heavy atom. The summed E-state index contributed by atoms with van der Waals surface area (Å²) >= 11 is 0. The van der Waals surface area contributed by atoms with Crippen molar-refractivity contribution in [3.05, 3.63) is 41.8 Å². The van der Waals surface area contributed by atoms with Gasteiger partial charge in [0.25, 0.3) is 0 Å². The van der Waals surface area contributed by atoms with Gasteiger partial charge in [-0.1, -0.05) is 12.8 Å². The van der Waals surface area contributed by atoms with Crippen LogP contribution in [0.15, 0.2) is 35.4 Å². The van der Waals surface area contributed by atoms with E-state index >= 15 is 0 Å². The standard InChI is InChI=1S/C23H21F5N4O3S/c24-9-13(10-25)31-36(33,34)15-5-6-19(30-12-15)22-17(11-29)16-7-18(26)21(35-23(27)28)8-20(16)32(22)14-3-1-2-4-14/h5-8,12-14,23,31H,1-4,9-10H2. The van der Waals surface area contributed by atoms with Crippen LogP contribution in [0.25, 0.3) is 22.3 Å². The first-order valence-corrected chi connectivity index (χ1v) is 12.5. The molecule has 0 unspecified atom stereocenters. The summed E-state index contributed by atoms with van der Waals surface area (Å²) in [4.78, 5) is 3.83. The molecular weight excluding hydrogens is 507 g/mol. The molecule has 1 saturated carbocycles. The predicted octanol–water partition coefficient (Wildman–Crippen LogP) is 5.02. The normalized spacial score (nSPS) is 14.7. The zero-order valence-electron chi connectivity index (χ0n) is 18.7. The van der Waals surface area contributed by atoms with Crippen LogP contribution in [0.5, 0.6) is 5.75 Å². The molecule has 0 radical (unpaired) electrons. The van der Waals surface area contributed by atoms with Gasteiger partial charge in [-0.15, -0.1) is 0 Å². The second-order valence-electron chi connectivity index (χ2n) is 8.33. The average molecular weight is 529 g/mol. The van der Waals surface area contributed by atoms with Gasteiger partial charge in [0.1, 0.15) is 24.3 Å². The molecule has 0 amide bonds. The van der Waals surface area contributed by atoms with Crippen molar-refractivity contribution < 1.29 is 35.1 Å². The monoisotopic (exact) mass is 528 g/mol. The van der Waals surface area contributed by atoms with Crippen molar-refractivity contribution in [2.75, 3.05) is 13.3 Å². The van der Waals surface area contributed by atoms with Crippen LogP contribution in [-0.2, 0) is 10.0 Å². The maximum absolute atomic E-state index is 14.5. The Morgan fingerprint density at radius 2 is 1.89 bits per heavy atom. The number of fused-ring (bicyclic) bond motifs is 1. The number of nitrogens with zero attached hydrogens (tertiary/aromatic N) is 3. The lowest BCUT2D eigenvalue weighted by Crippen LogP contribution is -2.37. The van der Waals surface area contributed by atoms with Crippen LogP contribution in [0, 0.1) is 17.1 Å². The molecule has 3 aromatic rings. The first-order chi connectivity index (χ1) is 17.2. The Labute approximate surface area is 203 Å². The lowest BCUT2D eigenvalue weighted by atomic mass is 10.1. The van der Waals surface area contributed by atoms with E-state index in [1.807, 2.05) is 10.8 Å². The molecule has 13 heteroatoms. The largest absolute Gasteiger partial charge is 0.432 e. The Morgan fingerprint density at radius 3 is 2.44 bits per heavy atom. The van der Waals surface area contributed by atoms with Crippen molar-refractivity contribution in [3.8, 4) is 23.2 Å². The second kappa shape index (κ2) is 10.4. The number of alkyl halides is 4. The van der Waals surface area contributed by atoms with Crippen molar-refractivity contribution in [1.82, 2.24) is 14.3 Å². The predicted molar refractivity (Wildman–Crippen MR) is 120 cm³/mol. The third kappa shape index (κ3) is 4.87. The van der Waals surface area contributed by atoms with Gasteiger partial charge in [-0.05, 0) is 31.0 Å². The van der Waals surface area contributed by atoms with E-state index in [9.17, 15) is 35.6 Å². The van der Waals surface area contributed by atoms with Crippen LogP contribution in [0.3, 0.4) is 0 Å². The smallest absolute Gasteiger partial charge is 0.387 e. The van der Waals surface area contributed by atoms with Gasteiger partial charge in [-0.3, -0.25) is 4.98 Å². The minimum absolute atomic E-state index is 0.0375. The fourth-order valence-corrected chi connectivity index (χ4v) is 5.61. The molecule has 7 nitrogen and oxygen atoms in total. The zero-order valence-corrected chi connectivity index (χ0v) is 19.5. The molecule has 36 heavy (non-hydrogen) atoms. The van der Waals surface area contributed by atoms with E-state index < -0.39 is 47.6 Å². The Hall–Kier alpha value is -3.24.